The molecule has 3 heteroatoms. The number of thiophene rings is 1. The Hall–Kier alpha value is -7.20. The maximum Gasteiger partial charge on any atom is 0.0640 e. The molecule has 0 unspecified atom stereocenters. The van der Waals surface area contributed by atoms with Gasteiger partial charge in [0.1, 0.15) is 0 Å². The Bertz CT molecular complexity index is 3490. The molecule has 0 N–H and O–H groups in total. The molecule has 2 nitrogen and oxygen atoms in total. The molecular formula is C54H34N2S. The van der Waals surface area contributed by atoms with Crippen molar-refractivity contribution in [1.82, 2.24) is 4.57 Å². The van der Waals surface area contributed by atoms with Crippen LogP contribution in [0.2, 0.25) is 0 Å². The molecule has 0 amide bonds. The van der Waals surface area contributed by atoms with Gasteiger partial charge in [0.25, 0.3) is 0 Å². The number of aromatic nitrogens is 1. The maximum atomic E-state index is 2.46. The van der Waals surface area contributed by atoms with Gasteiger partial charge in [-0.2, -0.15) is 0 Å². The third-order valence-corrected chi connectivity index (χ3v) is 13.0. The molecule has 0 aliphatic heterocycles. The van der Waals surface area contributed by atoms with E-state index in [0.717, 1.165) is 17.1 Å². The molecule has 0 aliphatic carbocycles. The second kappa shape index (κ2) is 12.7. The maximum absolute atomic E-state index is 2.46. The van der Waals surface area contributed by atoms with Gasteiger partial charge in [0, 0.05) is 43.3 Å². The number of para-hydroxylation sites is 2. The highest BCUT2D eigenvalue weighted by Crippen LogP contribution is 2.43. The van der Waals surface area contributed by atoms with Crippen molar-refractivity contribution in [2.75, 3.05) is 4.90 Å². The van der Waals surface area contributed by atoms with E-state index in [1.807, 2.05) is 11.3 Å². The minimum Gasteiger partial charge on any atom is -0.310 e. The van der Waals surface area contributed by atoms with Gasteiger partial charge in [0.2, 0.25) is 0 Å². The van der Waals surface area contributed by atoms with Crippen molar-refractivity contribution in [2.45, 2.75) is 0 Å². The lowest BCUT2D eigenvalue weighted by molar-refractivity contribution is 1.20. The van der Waals surface area contributed by atoms with Gasteiger partial charge in [-0.3, -0.25) is 0 Å². The van der Waals surface area contributed by atoms with E-state index < -0.39 is 0 Å². The summed E-state index contributed by atoms with van der Waals surface area (Å²) in [6.07, 6.45) is 0. The molecular weight excluding hydrogens is 709 g/mol. The van der Waals surface area contributed by atoms with Crippen molar-refractivity contribution < 1.29 is 0 Å². The van der Waals surface area contributed by atoms with Crippen molar-refractivity contribution in [1.29, 1.82) is 0 Å². The molecule has 0 spiro atoms. The van der Waals surface area contributed by atoms with Crippen molar-refractivity contribution in [3.05, 3.63) is 206 Å². The fourth-order valence-corrected chi connectivity index (χ4v) is 10.4. The van der Waals surface area contributed by atoms with E-state index in [4.69, 9.17) is 0 Å². The van der Waals surface area contributed by atoms with Gasteiger partial charge in [-0.1, -0.05) is 140 Å². The SMILES string of the molecule is c1ccc(N(c2ccc(-c3ccc4c(c3)c3ccccc3n4-c3cccc4c3sc3ccccc34)cc2)c2ccc3c4ccccc4c4ccccc4c3c2)cc1. The molecule has 12 aromatic rings. The molecule has 0 bridgehead atoms. The molecule has 0 saturated heterocycles. The number of benzene rings is 10. The summed E-state index contributed by atoms with van der Waals surface area (Å²) < 4.78 is 5.10. The first kappa shape index (κ1) is 32.1. The topological polar surface area (TPSA) is 8.17 Å². The lowest BCUT2D eigenvalue weighted by Gasteiger charge is -2.26. The van der Waals surface area contributed by atoms with Crippen LogP contribution in [-0.4, -0.2) is 4.57 Å². The molecule has 57 heavy (non-hydrogen) atoms. The van der Waals surface area contributed by atoms with Crippen molar-refractivity contribution in [3.8, 4) is 16.8 Å². The number of fused-ring (bicyclic) bond motifs is 12. The fourth-order valence-electron chi connectivity index (χ4n) is 9.18. The minimum atomic E-state index is 1.11. The van der Waals surface area contributed by atoms with Crippen molar-refractivity contribution in [3.63, 3.8) is 0 Å². The van der Waals surface area contributed by atoms with Crippen LogP contribution in [0.15, 0.2) is 206 Å². The zero-order valence-electron chi connectivity index (χ0n) is 30.9. The Kier molecular flexibility index (Phi) is 7.13. The smallest absolute Gasteiger partial charge is 0.0640 e. The van der Waals surface area contributed by atoms with Gasteiger partial charge in [-0.15, -0.1) is 11.3 Å². The van der Waals surface area contributed by atoms with E-state index in [-0.39, 0.29) is 0 Å². The molecule has 10 aromatic carbocycles. The second-order valence-electron chi connectivity index (χ2n) is 14.9. The molecule has 266 valence electrons. The zero-order chi connectivity index (χ0) is 37.5. The Morgan fingerprint density at radius 2 is 0.860 bits per heavy atom. The summed E-state index contributed by atoms with van der Waals surface area (Å²) in [5, 5.41) is 12.8. The van der Waals surface area contributed by atoms with E-state index in [0.29, 0.717) is 0 Å². The summed E-state index contributed by atoms with van der Waals surface area (Å²) >= 11 is 1.88. The zero-order valence-corrected chi connectivity index (χ0v) is 31.7. The predicted octanol–water partition coefficient (Wildman–Crippen LogP) is 15.7. The molecule has 2 aromatic heterocycles. The molecule has 0 saturated carbocycles. The van der Waals surface area contributed by atoms with Crippen LogP contribution in [0.1, 0.15) is 0 Å². The van der Waals surface area contributed by atoms with Crippen LogP contribution in [0.3, 0.4) is 0 Å². The first-order valence-corrected chi connectivity index (χ1v) is 20.3. The number of nitrogens with zero attached hydrogens (tertiary/aromatic N) is 2. The highest BCUT2D eigenvalue weighted by atomic mass is 32.1. The highest BCUT2D eigenvalue weighted by Gasteiger charge is 2.19. The summed E-state index contributed by atoms with van der Waals surface area (Å²) in [5.74, 6) is 0. The number of rotatable bonds is 5. The van der Waals surface area contributed by atoms with Gasteiger partial charge < -0.3 is 9.47 Å². The van der Waals surface area contributed by atoms with Gasteiger partial charge in [-0.05, 0) is 110 Å². The number of anilines is 3. The monoisotopic (exact) mass is 742 g/mol. The van der Waals surface area contributed by atoms with Crippen LogP contribution in [0.4, 0.5) is 17.1 Å². The van der Waals surface area contributed by atoms with Crippen LogP contribution >= 0.6 is 11.3 Å². The first-order chi connectivity index (χ1) is 28.3. The average molecular weight is 743 g/mol. The number of hydrogen-bond acceptors (Lipinski definition) is 2. The Morgan fingerprint density at radius 3 is 1.61 bits per heavy atom. The minimum absolute atomic E-state index is 1.11. The third-order valence-electron chi connectivity index (χ3n) is 11.8. The van der Waals surface area contributed by atoms with Gasteiger partial charge in [0.05, 0.1) is 21.4 Å². The Labute approximate surface area is 333 Å². The van der Waals surface area contributed by atoms with E-state index >= 15 is 0 Å². The normalized spacial score (nSPS) is 11.9. The summed E-state index contributed by atoms with van der Waals surface area (Å²) in [6.45, 7) is 0. The first-order valence-electron chi connectivity index (χ1n) is 19.5. The molecule has 0 radical (unpaired) electrons. The summed E-state index contributed by atoms with van der Waals surface area (Å²) in [5.41, 5.74) is 9.42. The average Bonchev–Trinajstić information content (AvgIpc) is 3.83. The quantitative estimate of drug-likeness (QED) is 0.159. The van der Waals surface area contributed by atoms with Crippen molar-refractivity contribution >= 4 is 103 Å². The van der Waals surface area contributed by atoms with E-state index in [2.05, 4.69) is 216 Å². The van der Waals surface area contributed by atoms with Crippen LogP contribution < -0.4 is 4.90 Å². The Balaban J connectivity index is 0.982. The van der Waals surface area contributed by atoms with Crippen LogP contribution in [0.25, 0.3) is 91.1 Å². The standard InChI is InChI=1S/C54H34N2S/c1-2-13-37(14-3-1)55(39-30-31-44-42-17-5-4-15-40(42)41-16-6-7-18-43(41)48(44)34-39)38-28-25-35(26-29-38)36-27-32-51-49(33-36)45-19-8-10-22-50(45)56(51)52-23-12-21-47-46-20-9-11-24-53(46)57-54(47)52/h1-34H. The van der Waals surface area contributed by atoms with Crippen molar-refractivity contribution in [2.24, 2.45) is 0 Å². The molecule has 12 rings (SSSR count). The summed E-state index contributed by atoms with van der Waals surface area (Å²) in [7, 11) is 0. The van der Waals surface area contributed by atoms with Gasteiger partial charge in [0.15, 0.2) is 0 Å². The lowest BCUT2D eigenvalue weighted by atomic mass is 9.94. The van der Waals surface area contributed by atoms with Gasteiger partial charge >= 0.3 is 0 Å². The molecule has 2 heterocycles. The largest absolute Gasteiger partial charge is 0.310 e. The second-order valence-corrected chi connectivity index (χ2v) is 15.9. The lowest BCUT2D eigenvalue weighted by Crippen LogP contribution is -2.09. The van der Waals surface area contributed by atoms with Gasteiger partial charge in [-0.25, -0.2) is 0 Å². The predicted molar refractivity (Wildman–Crippen MR) is 246 cm³/mol. The molecule has 0 fully saturated rings. The molecule has 0 atom stereocenters. The van der Waals surface area contributed by atoms with E-state index in [1.165, 1.54) is 91.1 Å². The van der Waals surface area contributed by atoms with E-state index in [9.17, 15) is 0 Å². The third kappa shape index (κ3) is 4.96. The summed E-state index contributed by atoms with van der Waals surface area (Å²) in [4.78, 5) is 2.37. The molecule has 0 aliphatic rings. The Morgan fingerprint density at radius 1 is 0.316 bits per heavy atom. The summed E-state index contributed by atoms with van der Waals surface area (Å²) in [6, 6.07) is 75.6. The van der Waals surface area contributed by atoms with Crippen LogP contribution in [0, 0.1) is 0 Å². The highest BCUT2D eigenvalue weighted by molar-refractivity contribution is 7.26. The van der Waals surface area contributed by atoms with Crippen LogP contribution in [0.5, 0.6) is 0 Å². The number of hydrogen-bond donors (Lipinski definition) is 0. The van der Waals surface area contributed by atoms with Crippen LogP contribution in [-0.2, 0) is 0 Å². The fraction of sp³-hybridized carbons (Fsp3) is 0. The van der Waals surface area contributed by atoms with E-state index in [1.54, 1.807) is 0 Å².